The molecule has 0 aliphatic rings. The zero-order valence-corrected chi connectivity index (χ0v) is 19.3. The molecule has 10 nitrogen and oxygen atoms in total. The van der Waals surface area contributed by atoms with Gasteiger partial charge in [0.05, 0.1) is 39.9 Å². The second kappa shape index (κ2) is 10.1. The molecule has 2 aromatic carbocycles. The average molecular weight is 460 g/mol. The number of hydrogen-bond donors (Lipinski definition) is 2. The van der Waals surface area contributed by atoms with Gasteiger partial charge >= 0.3 is 0 Å². The van der Waals surface area contributed by atoms with Crippen LogP contribution in [0.4, 0.5) is 5.69 Å². The standard InChI is InChI=1S/C21H25N5O5S/c1-12-6-7-15(28-2)14(8-12)23-18(27)11-32-21-25-24-20(26(21)22)13-9-16(29-3)19(31-5)17(10-13)30-4/h6-10H,11,22H2,1-5H3,(H,23,27). The second-order valence-electron chi connectivity index (χ2n) is 6.63. The molecule has 0 unspecified atom stereocenters. The summed E-state index contributed by atoms with van der Waals surface area (Å²) in [6.45, 7) is 1.94. The number of nitrogens with one attached hydrogen (secondary N) is 1. The molecule has 0 spiro atoms. The smallest absolute Gasteiger partial charge is 0.234 e. The Labute approximate surface area is 190 Å². The van der Waals surface area contributed by atoms with Gasteiger partial charge in [0, 0.05) is 5.56 Å². The number of aryl methyl sites for hydroxylation is 1. The summed E-state index contributed by atoms with van der Waals surface area (Å²) in [7, 11) is 6.13. The van der Waals surface area contributed by atoms with Gasteiger partial charge in [-0.2, -0.15) is 0 Å². The Bertz CT molecular complexity index is 1090. The predicted molar refractivity (Wildman–Crippen MR) is 122 cm³/mol. The Morgan fingerprint density at radius 3 is 2.25 bits per heavy atom. The van der Waals surface area contributed by atoms with Crippen LogP contribution in [-0.2, 0) is 4.79 Å². The minimum absolute atomic E-state index is 0.0850. The van der Waals surface area contributed by atoms with Crippen LogP contribution in [0, 0.1) is 6.92 Å². The summed E-state index contributed by atoms with van der Waals surface area (Å²) in [6, 6.07) is 9.00. The quantitative estimate of drug-likeness (QED) is 0.367. The van der Waals surface area contributed by atoms with Gasteiger partial charge in [-0.05, 0) is 36.8 Å². The summed E-state index contributed by atoms with van der Waals surface area (Å²) in [6.07, 6.45) is 0. The van der Waals surface area contributed by atoms with Crippen molar-refractivity contribution < 1.29 is 23.7 Å². The highest BCUT2D eigenvalue weighted by Crippen LogP contribution is 2.41. The highest BCUT2D eigenvalue weighted by molar-refractivity contribution is 7.99. The van der Waals surface area contributed by atoms with Crippen molar-refractivity contribution in [2.24, 2.45) is 0 Å². The maximum atomic E-state index is 12.5. The summed E-state index contributed by atoms with van der Waals surface area (Å²) in [5.41, 5.74) is 2.23. The van der Waals surface area contributed by atoms with E-state index in [0.717, 1.165) is 17.3 Å². The van der Waals surface area contributed by atoms with Crippen molar-refractivity contribution in [2.75, 3.05) is 45.4 Å². The number of benzene rings is 2. The Morgan fingerprint density at radius 2 is 1.66 bits per heavy atom. The van der Waals surface area contributed by atoms with E-state index in [1.807, 2.05) is 19.1 Å². The number of thioether (sulfide) groups is 1. The van der Waals surface area contributed by atoms with Crippen molar-refractivity contribution in [1.82, 2.24) is 14.9 Å². The van der Waals surface area contributed by atoms with E-state index in [2.05, 4.69) is 15.5 Å². The molecule has 0 saturated carbocycles. The SMILES string of the molecule is COc1ccc(C)cc1NC(=O)CSc1nnc(-c2cc(OC)c(OC)c(OC)c2)n1N. The van der Waals surface area contributed by atoms with Crippen LogP contribution in [0.3, 0.4) is 0 Å². The number of anilines is 1. The first-order chi connectivity index (χ1) is 15.4. The van der Waals surface area contributed by atoms with Crippen LogP contribution in [0.15, 0.2) is 35.5 Å². The van der Waals surface area contributed by atoms with Gasteiger partial charge in [-0.15, -0.1) is 10.2 Å². The molecular weight excluding hydrogens is 434 g/mol. The number of carbonyl (C=O) groups excluding carboxylic acids is 1. The lowest BCUT2D eigenvalue weighted by molar-refractivity contribution is -0.113. The third-order valence-corrected chi connectivity index (χ3v) is 5.49. The van der Waals surface area contributed by atoms with E-state index in [1.54, 1.807) is 25.3 Å². The molecular formula is C21H25N5O5S. The maximum Gasteiger partial charge on any atom is 0.234 e. The number of carbonyl (C=O) groups is 1. The van der Waals surface area contributed by atoms with Gasteiger partial charge in [0.1, 0.15) is 5.75 Å². The average Bonchev–Trinajstić information content (AvgIpc) is 3.17. The monoisotopic (exact) mass is 459 g/mol. The van der Waals surface area contributed by atoms with Crippen molar-refractivity contribution in [1.29, 1.82) is 0 Å². The molecule has 3 aromatic rings. The van der Waals surface area contributed by atoms with Crippen LogP contribution >= 0.6 is 11.8 Å². The number of nitrogens with zero attached hydrogens (tertiary/aromatic N) is 3. The fourth-order valence-corrected chi connectivity index (χ4v) is 3.67. The topological polar surface area (TPSA) is 123 Å². The molecule has 0 fully saturated rings. The van der Waals surface area contributed by atoms with Gasteiger partial charge in [0.25, 0.3) is 0 Å². The number of methoxy groups -OCH3 is 4. The first kappa shape index (κ1) is 23.1. The van der Waals surface area contributed by atoms with Gasteiger partial charge < -0.3 is 30.1 Å². The van der Waals surface area contributed by atoms with Gasteiger partial charge in [-0.1, -0.05) is 17.8 Å². The van der Waals surface area contributed by atoms with E-state index in [4.69, 9.17) is 24.8 Å². The van der Waals surface area contributed by atoms with E-state index < -0.39 is 0 Å². The number of amides is 1. The number of nitrogen functional groups attached to an aromatic ring is 1. The van der Waals surface area contributed by atoms with Crippen LogP contribution in [0.2, 0.25) is 0 Å². The van der Waals surface area contributed by atoms with E-state index in [1.165, 1.54) is 26.0 Å². The maximum absolute atomic E-state index is 12.5. The van der Waals surface area contributed by atoms with Crippen molar-refractivity contribution in [3.05, 3.63) is 35.9 Å². The fraction of sp³-hybridized carbons (Fsp3) is 0.286. The lowest BCUT2D eigenvalue weighted by Gasteiger charge is -2.13. The van der Waals surface area contributed by atoms with Crippen LogP contribution in [0.25, 0.3) is 11.4 Å². The Morgan fingerprint density at radius 1 is 1.00 bits per heavy atom. The highest BCUT2D eigenvalue weighted by atomic mass is 32.2. The van der Waals surface area contributed by atoms with E-state index in [-0.39, 0.29) is 11.7 Å². The van der Waals surface area contributed by atoms with Crippen molar-refractivity contribution in [3.8, 4) is 34.4 Å². The van der Waals surface area contributed by atoms with Crippen LogP contribution in [0.1, 0.15) is 5.56 Å². The third kappa shape index (κ3) is 4.83. The summed E-state index contributed by atoms with van der Waals surface area (Å²) in [4.78, 5) is 12.5. The lowest BCUT2D eigenvalue weighted by atomic mass is 10.1. The zero-order chi connectivity index (χ0) is 23.3. The first-order valence-corrected chi connectivity index (χ1v) is 10.5. The van der Waals surface area contributed by atoms with Gasteiger partial charge in [0.2, 0.25) is 16.8 Å². The molecule has 3 N–H and O–H groups in total. The molecule has 1 heterocycles. The molecule has 0 aliphatic carbocycles. The van der Waals surface area contributed by atoms with Gasteiger partial charge in [-0.25, -0.2) is 4.68 Å². The third-order valence-electron chi connectivity index (χ3n) is 4.55. The van der Waals surface area contributed by atoms with E-state index in [9.17, 15) is 4.79 Å². The molecule has 1 amide bonds. The van der Waals surface area contributed by atoms with E-state index >= 15 is 0 Å². The Kier molecular flexibility index (Phi) is 7.31. The molecule has 32 heavy (non-hydrogen) atoms. The largest absolute Gasteiger partial charge is 0.495 e. The normalized spacial score (nSPS) is 10.5. The van der Waals surface area contributed by atoms with Crippen molar-refractivity contribution in [3.63, 3.8) is 0 Å². The van der Waals surface area contributed by atoms with Gasteiger partial charge in [0.15, 0.2) is 17.3 Å². The highest BCUT2D eigenvalue weighted by Gasteiger charge is 2.19. The minimum Gasteiger partial charge on any atom is -0.495 e. The summed E-state index contributed by atoms with van der Waals surface area (Å²) in [5.74, 6) is 8.41. The molecule has 0 atom stereocenters. The predicted octanol–water partition coefficient (Wildman–Crippen LogP) is 2.73. The molecule has 11 heteroatoms. The number of nitrogens with two attached hydrogens (primary N) is 1. The Hall–Kier alpha value is -3.60. The summed E-state index contributed by atoms with van der Waals surface area (Å²) < 4.78 is 22.7. The lowest BCUT2D eigenvalue weighted by Crippen LogP contribution is -2.17. The zero-order valence-electron chi connectivity index (χ0n) is 18.5. The minimum atomic E-state index is -0.226. The van der Waals surface area contributed by atoms with Crippen molar-refractivity contribution >= 4 is 23.4 Å². The Balaban J connectivity index is 1.76. The first-order valence-electron chi connectivity index (χ1n) is 9.50. The fourth-order valence-electron chi connectivity index (χ4n) is 3.02. The molecule has 0 bridgehead atoms. The van der Waals surface area contributed by atoms with Crippen LogP contribution < -0.4 is 30.1 Å². The molecule has 3 rings (SSSR count). The number of ether oxygens (including phenoxy) is 4. The molecule has 170 valence electrons. The number of hydrogen-bond acceptors (Lipinski definition) is 9. The van der Waals surface area contributed by atoms with Crippen molar-refractivity contribution in [2.45, 2.75) is 12.1 Å². The second-order valence-corrected chi connectivity index (χ2v) is 7.57. The molecule has 1 aromatic heterocycles. The number of rotatable bonds is 9. The molecule has 0 saturated heterocycles. The molecule has 0 radical (unpaired) electrons. The molecule has 0 aliphatic heterocycles. The number of aromatic nitrogens is 3. The van der Waals surface area contributed by atoms with E-state index in [0.29, 0.717) is 45.2 Å². The summed E-state index contributed by atoms with van der Waals surface area (Å²) >= 11 is 1.16. The summed E-state index contributed by atoms with van der Waals surface area (Å²) in [5, 5.41) is 11.5. The van der Waals surface area contributed by atoms with Gasteiger partial charge in [-0.3, -0.25) is 4.79 Å². The van der Waals surface area contributed by atoms with Crippen LogP contribution in [0.5, 0.6) is 23.0 Å². The van der Waals surface area contributed by atoms with Crippen LogP contribution in [-0.4, -0.2) is 55.0 Å².